The minimum absolute atomic E-state index is 0.126. The second-order valence-corrected chi connectivity index (χ2v) is 10.4. The molecule has 0 radical (unpaired) electrons. The molecule has 0 saturated carbocycles. The van der Waals surface area contributed by atoms with E-state index < -0.39 is 0 Å². The number of rotatable bonds is 4. The monoisotopic (exact) mass is 514 g/mol. The fourth-order valence-electron chi connectivity index (χ4n) is 4.58. The summed E-state index contributed by atoms with van der Waals surface area (Å²) in [7, 11) is 0. The van der Waals surface area contributed by atoms with Gasteiger partial charge in [-0.05, 0) is 55.7 Å². The lowest BCUT2D eigenvalue weighted by molar-refractivity contribution is -0.133. The highest BCUT2D eigenvalue weighted by Crippen LogP contribution is 2.38. The number of piperazine rings is 1. The Morgan fingerprint density at radius 3 is 2.47 bits per heavy atom. The van der Waals surface area contributed by atoms with Crippen LogP contribution in [0.15, 0.2) is 48.5 Å². The summed E-state index contributed by atoms with van der Waals surface area (Å²) in [5, 5.41) is 4.73. The molecule has 2 aromatic carbocycles. The van der Waals surface area contributed by atoms with Gasteiger partial charge >= 0.3 is 0 Å². The van der Waals surface area contributed by atoms with Gasteiger partial charge in [-0.25, -0.2) is 4.98 Å². The summed E-state index contributed by atoms with van der Waals surface area (Å²) in [4.78, 5) is 36.0. The third-order valence-electron chi connectivity index (χ3n) is 6.36. The molecule has 0 bridgehead atoms. The molecule has 34 heavy (non-hydrogen) atoms. The molecule has 1 unspecified atom stereocenters. The van der Waals surface area contributed by atoms with E-state index in [1.807, 2.05) is 29.2 Å². The third kappa shape index (κ3) is 4.78. The molecule has 1 atom stereocenters. The van der Waals surface area contributed by atoms with Crippen LogP contribution in [-0.2, 0) is 11.2 Å². The van der Waals surface area contributed by atoms with Gasteiger partial charge in [0.2, 0.25) is 5.91 Å². The summed E-state index contributed by atoms with van der Waals surface area (Å²) < 4.78 is 0. The molecule has 1 aliphatic carbocycles. The predicted molar refractivity (Wildman–Crippen MR) is 137 cm³/mol. The Hall–Kier alpha value is -2.61. The summed E-state index contributed by atoms with van der Waals surface area (Å²) in [6, 6.07) is 14.5. The highest BCUT2D eigenvalue weighted by atomic mass is 35.5. The van der Waals surface area contributed by atoms with E-state index in [0.29, 0.717) is 28.8 Å². The number of hydrogen-bond donors (Lipinski definition) is 1. The number of fused-ring (bicyclic) bond motifs is 1. The van der Waals surface area contributed by atoms with Crippen molar-refractivity contribution in [2.24, 2.45) is 0 Å². The fourth-order valence-corrected chi connectivity index (χ4v) is 6.02. The molecule has 0 spiro atoms. The first-order chi connectivity index (χ1) is 16.5. The zero-order valence-corrected chi connectivity index (χ0v) is 20.8. The van der Waals surface area contributed by atoms with Crippen LogP contribution in [0.2, 0.25) is 10.0 Å². The number of aromatic nitrogens is 1. The first kappa shape index (κ1) is 23.1. The first-order valence-electron chi connectivity index (χ1n) is 11.3. The van der Waals surface area contributed by atoms with E-state index in [9.17, 15) is 9.59 Å². The number of halogens is 2. The van der Waals surface area contributed by atoms with Crippen LogP contribution in [0.3, 0.4) is 0 Å². The molecule has 5 rings (SSSR count). The van der Waals surface area contributed by atoms with Gasteiger partial charge in [0.15, 0.2) is 5.13 Å². The molecule has 176 valence electrons. The van der Waals surface area contributed by atoms with E-state index in [4.69, 9.17) is 28.2 Å². The summed E-state index contributed by atoms with van der Waals surface area (Å²) in [5.41, 5.74) is 2.35. The number of hydrogen-bond acceptors (Lipinski definition) is 5. The van der Waals surface area contributed by atoms with Crippen LogP contribution in [0.5, 0.6) is 0 Å². The number of nitrogens with one attached hydrogen (secondary N) is 1. The van der Waals surface area contributed by atoms with Gasteiger partial charge in [-0.15, -0.1) is 11.3 Å². The van der Waals surface area contributed by atoms with Gasteiger partial charge in [0.1, 0.15) is 0 Å². The summed E-state index contributed by atoms with van der Waals surface area (Å²) in [6.45, 7) is 2.80. The van der Waals surface area contributed by atoms with Crippen LogP contribution in [0.4, 0.5) is 10.8 Å². The van der Waals surface area contributed by atoms with Crippen LogP contribution < -0.4 is 10.2 Å². The van der Waals surface area contributed by atoms with Crippen molar-refractivity contribution in [3.8, 4) is 0 Å². The second-order valence-electron chi connectivity index (χ2n) is 8.50. The van der Waals surface area contributed by atoms with Gasteiger partial charge in [-0.2, -0.15) is 0 Å². The lowest BCUT2D eigenvalue weighted by atomic mass is 9.89. The van der Waals surface area contributed by atoms with E-state index in [2.05, 4.69) is 10.2 Å². The summed E-state index contributed by atoms with van der Waals surface area (Å²) in [6.07, 6.45) is 2.61. The van der Waals surface area contributed by atoms with Crippen molar-refractivity contribution in [3.05, 3.63) is 74.7 Å². The number of thiazole rings is 1. The Kier molecular flexibility index (Phi) is 6.77. The van der Waals surface area contributed by atoms with Gasteiger partial charge in [-0.3, -0.25) is 14.9 Å². The van der Waals surface area contributed by atoms with Gasteiger partial charge in [0.05, 0.1) is 22.3 Å². The van der Waals surface area contributed by atoms with Crippen molar-refractivity contribution < 1.29 is 9.59 Å². The highest BCUT2D eigenvalue weighted by Gasteiger charge is 2.34. The van der Waals surface area contributed by atoms with E-state index >= 15 is 0 Å². The Morgan fingerprint density at radius 1 is 1.00 bits per heavy atom. The summed E-state index contributed by atoms with van der Waals surface area (Å²) in [5.74, 6) is -0.366. The number of anilines is 2. The van der Waals surface area contributed by atoms with E-state index in [1.54, 1.807) is 24.3 Å². The van der Waals surface area contributed by atoms with E-state index in [1.165, 1.54) is 11.3 Å². The molecule has 1 fully saturated rings. The summed E-state index contributed by atoms with van der Waals surface area (Å²) >= 11 is 13.7. The smallest absolute Gasteiger partial charge is 0.257 e. The maximum Gasteiger partial charge on any atom is 0.257 e. The molecule has 6 nitrogen and oxygen atoms in total. The maximum absolute atomic E-state index is 13.5. The molecule has 1 saturated heterocycles. The molecule has 1 aliphatic heterocycles. The van der Waals surface area contributed by atoms with E-state index in [0.717, 1.165) is 53.6 Å². The Bertz CT molecular complexity index is 1210. The zero-order chi connectivity index (χ0) is 23.7. The Morgan fingerprint density at radius 2 is 1.74 bits per heavy atom. The van der Waals surface area contributed by atoms with Gasteiger partial charge in [0, 0.05) is 41.6 Å². The maximum atomic E-state index is 13.5. The van der Waals surface area contributed by atoms with Crippen LogP contribution in [0.1, 0.15) is 39.7 Å². The molecule has 3 aromatic rings. The number of aryl methyl sites for hydroxylation is 1. The van der Waals surface area contributed by atoms with Crippen LogP contribution in [-0.4, -0.2) is 47.9 Å². The fraction of sp³-hybridized carbons (Fsp3) is 0.320. The lowest BCUT2D eigenvalue weighted by Crippen LogP contribution is -2.50. The Labute approximate surface area is 212 Å². The number of benzene rings is 2. The molecule has 2 amide bonds. The van der Waals surface area contributed by atoms with Gasteiger partial charge < -0.3 is 9.80 Å². The van der Waals surface area contributed by atoms with Crippen molar-refractivity contribution in [1.29, 1.82) is 0 Å². The topological polar surface area (TPSA) is 65.5 Å². The molecule has 1 N–H and O–H groups in total. The number of amides is 2. The second kappa shape index (κ2) is 9.94. The minimum Gasteiger partial charge on any atom is -0.367 e. The number of nitrogens with zero attached hydrogens (tertiary/aromatic N) is 3. The normalized spacial score (nSPS) is 17.9. The van der Waals surface area contributed by atoms with Crippen LogP contribution in [0.25, 0.3) is 0 Å². The van der Waals surface area contributed by atoms with Crippen LogP contribution >= 0.6 is 34.5 Å². The van der Waals surface area contributed by atoms with E-state index in [-0.39, 0.29) is 17.7 Å². The first-order valence-corrected chi connectivity index (χ1v) is 12.9. The predicted octanol–water partition coefficient (Wildman–Crippen LogP) is 5.47. The van der Waals surface area contributed by atoms with Crippen molar-refractivity contribution in [3.63, 3.8) is 0 Å². The zero-order valence-electron chi connectivity index (χ0n) is 18.5. The number of carbonyl (C=O) groups excluding carboxylic acids is 2. The number of carbonyl (C=O) groups is 2. The van der Waals surface area contributed by atoms with Gasteiger partial charge in [-0.1, -0.05) is 35.3 Å². The van der Waals surface area contributed by atoms with Crippen LogP contribution in [0, 0.1) is 0 Å². The number of para-hydroxylation sites is 1. The SMILES string of the molecule is O=C(Nc1nc2c(s1)CCCC2C(=O)N1CCN(c2ccccc2Cl)CC1)c1ccc(Cl)cc1. The molecule has 2 aliphatic rings. The quantitative estimate of drug-likeness (QED) is 0.501. The molecule has 9 heteroatoms. The minimum atomic E-state index is -0.256. The molecule has 1 aromatic heterocycles. The third-order valence-corrected chi connectivity index (χ3v) is 7.98. The lowest BCUT2D eigenvalue weighted by Gasteiger charge is -2.38. The molecular formula is C25H24Cl2N4O2S. The Balaban J connectivity index is 1.26. The average molecular weight is 515 g/mol. The molecular weight excluding hydrogens is 491 g/mol. The van der Waals surface area contributed by atoms with Crippen molar-refractivity contribution in [2.75, 3.05) is 36.4 Å². The highest BCUT2D eigenvalue weighted by molar-refractivity contribution is 7.16. The average Bonchev–Trinajstić information content (AvgIpc) is 3.27. The van der Waals surface area contributed by atoms with Crippen molar-refractivity contribution in [2.45, 2.75) is 25.2 Å². The van der Waals surface area contributed by atoms with Crippen molar-refractivity contribution >= 4 is 57.2 Å². The van der Waals surface area contributed by atoms with Gasteiger partial charge in [0.25, 0.3) is 5.91 Å². The van der Waals surface area contributed by atoms with Crippen molar-refractivity contribution in [1.82, 2.24) is 9.88 Å². The standard InChI is InChI=1S/C25H24Cl2N4O2S/c26-17-10-8-16(9-11-17)23(32)29-25-28-22-18(4-3-7-21(22)34-25)24(33)31-14-12-30(13-15-31)20-6-2-1-5-19(20)27/h1-2,5-6,8-11,18H,3-4,7,12-15H2,(H,28,29,32). The largest absolute Gasteiger partial charge is 0.367 e. The molecule has 2 heterocycles.